The van der Waals surface area contributed by atoms with Gasteiger partial charge in [-0.3, -0.25) is 4.99 Å². The molecule has 21 heavy (non-hydrogen) atoms. The number of hydrogen-bond donors (Lipinski definition) is 2. The summed E-state index contributed by atoms with van der Waals surface area (Å²) >= 11 is 0. The fourth-order valence-electron chi connectivity index (χ4n) is 2.34. The number of hydrogen-bond acceptors (Lipinski definition) is 3. The molecule has 1 saturated carbocycles. The first-order chi connectivity index (χ1) is 10.2. The van der Waals surface area contributed by atoms with E-state index >= 15 is 0 Å². The van der Waals surface area contributed by atoms with Crippen molar-refractivity contribution in [3.05, 3.63) is 23.9 Å². The molecular formula is C16H27N5. The third-order valence-electron chi connectivity index (χ3n) is 4.01. The van der Waals surface area contributed by atoms with Crippen LogP contribution in [0.4, 0.5) is 5.82 Å². The number of nitrogens with zero attached hydrogens (tertiary/aromatic N) is 3. The molecule has 0 radical (unpaired) electrons. The van der Waals surface area contributed by atoms with Crippen molar-refractivity contribution >= 4 is 11.8 Å². The molecular weight excluding hydrogens is 262 g/mol. The molecule has 1 aliphatic carbocycles. The van der Waals surface area contributed by atoms with E-state index in [0.29, 0.717) is 6.04 Å². The number of anilines is 1. The van der Waals surface area contributed by atoms with Crippen molar-refractivity contribution in [3.8, 4) is 0 Å². The van der Waals surface area contributed by atoms with Crippen LogP contribution in [0.5, 0.6) is 0 Å². The van der Waals surface area contributed by atoms with Gasteiger partial charge in [-0.2, -0.15) is 0 Å². The van der Waals surface area contributed by atoms with Gasteiger partial charge in [0.05, 0.1) is 0 Å². The van der Waals surface area contributed by atoms with Gasteiger partial charge in [0.1, 0.15) is 5.82 Å². The summed E-state index contributed by atoms with van der Waals surface area (Å²) in [7, 11) is 1.81. The number of aliphatic imine (C=N–C) groups is 1. The maximum absolute atomic E-state index is 4.54. The summed E-state index contributed by atoms with van der Waals surface area (Å²) in [5.41, 5.74) is 1.16. The Balaban J connectivity index is 1.85. The van der Waals surface area contributed by atoms with Gasteiger partial charge in [0.2, 0.25) is 0 Å². The molecule has 1 aliphatic rings. The van der Waals surface area contributed by atoms with Gasteiger partial charge in [-0.15, -0.1) is 0 Å². The van der Waals surface area contributed by atoms with Gasteiger partial charge in [0.15, 0.2) is 5.96 Å². The molecule has 2 unspecified atom stereocenters. The first-order valence-corrected chi connectivity index (χ1v) is 7.85. The molecule has 1 fully saturated rings. The lowest BCUT2D eigenvalue weighted by Gasteiger charge is -2.19. The molecule has 2 rings (SSSR count). The quantitative estimate of drug-likeness (QED) is 0.621. The van der Waals surface area contributed by atoms with Crippen LogP contribution in [-0.2, 0) is 6.54 Å². The lowest BCUT2D eigenvalue weighted by Crippen LogP contribution is -2.38. The summed E-state index contributed by atoms with van der Waals surface area (Å²) < 4.78 is 0. The van der Waals surface area contributed by atoms with E-state index in [4.69, 9.17) is 0 Å². The van der Waals surface area contributed by atoms with Gasteiger partial charge in [0, 0.05) is 38.9 Å². The minimum atomic E-state index is 0.583. The van der Waals surface area contributed by atoms with Crippen LogP contribution in [0.1, 0.15) is 32.8 Å². The van der Waals surface area contributed by atoms with E-state index in [1.807, 2.05) is 13.2 Å². The Morgan fingerprint density at radius 1 is 1.38 bits per heavy atom. The van der Waals surface area contributed by atoms with Crippen molar-refractivity contribution in [2.75, 3.05) is 25.0 Å². The molecule has 0 aromatic carbocycles. The van der Waals surface area contributed by atoms with Crippen molar-refractivity contribution in [1.82, 2.24) is 15.6 Å². The van der Waals surface area contributed by atoms with Crippen LogP contribution in [0, 0.1) is 5.92 Å². The van der Waals surface area contributed by atoms with E-state index in [1.165, 1.54) is 6.42 Å². The summed E-state index contributed by atoms with van der Waals surface area (Å²) in [6.07, 6.45) is 3.18. The molecule has 1 aromatic heterocycles. The van der Waals surface area contributed by atoms with Crippen molar-refractivity contribution in [1.29, 1.82) is 0 Å². The highest BCUT2D eigenvalue weighted by Gasteiger charge is 2.33. The highest BCUT2D eigenvalue weighted by atomic mass is 15.2. The van der Waals surface area contributed by atoms with Gasteiger partial charge < -0.3 is 15.5 Å². The maximum atomic E-state index is 4.54. The predicted molar refractivity (Wildman–Crippen MR) is 88.7 cm³/mol. The Morgan fingerprint density at radius 3 is 2.57 bits per heavy atom. The molecule has 2 atom stereocenters. The molecule has 0 bridgehead atoms. The van der Waals surface area contributed by atoms with Gasteiger partial charge in [-0.25, -0.2) is 4.98 Å². The average molecular weight is 289 g/mol. The lowest BCUT2D eigenvalue weighted by atomic mass is 10.2. The molecule has 5 nitrogen and oxygen atoms in total. The summed E-state index contributed by atoms with van der Waals surface area (Å²) in [6.45, 7) is 9.26. The van der Waals surface area contributed by atoms with Crippen molar-refractivity contribution < 1.29 is 0 Å². The predicted octanol–water partition coefficient (Wildman–Crippen LogP) is 2.00. The van der Waals surface area contributed by atoms with E-state index in [-0.39, 0.29) is 0 Å². The Morgan fingerprint density at radius 2 is 2.10 bits per heavy atom. The average Bonchev–Trinajstić information content (AvgIpc) is 3.21. The van der Waals surface area contributed by atoms with Crippen LogP contribution in [0.15, 0.2) is 23.3 Å². The molecule has 0 saturated heterocycles. The Bertz CT molecular complexity index is 464. The molecule has 1 heterocycles. The number of pyridine rings is 1. The fraction of sp³-hybridized carbons (Fsp3) is 0.625. The third-order valence-corrected chi connectivity index (χ3v) is 4.01. The molecule has 1 aromatic rings. The highest BCUT2D eigenvalue weighted by Crippen LogP contribution is 2.28. The second-order valence-corrected chi connectivity index (χ2v) is 5.59. The van der Waals surface area contributed by atoms with Crippen molar-refractivity contribution in [2.45, 2.75) is 39.8 Å². The van der Waals surface area contributed by atoms with Gasteiger partial charge in [-0.05, 0) is 37.8 Å². The summed E-state index contributed by atoms with van der Waals surface area (Å²) in [5.74, 6) is 2.67. The standard InChI is InChI=1S/C16H27N5/c1-5-21(6-2)15-8-7-13(10-18-15)11-19-16(17-4)20-14-9-12(14)3/h7-8,10,12,14H,5-6,9,11H2,1-4H3,(H2,17,19,20). The van der Waals surface area contributed by atoms with Crippen LogP contribution in [-0.4, -0.2) is 37.1 Å². The highest BCUT2D eigenvalue weighted by molar-refractivity contribution is 5.80. The van der Waals surface area contributed by atoms with Gasteiger partial charge >= 0.3 is 0 Å². The third kappa shape index (κ3) is 4.34. The molecule has 0 amide bonds. The van der Waals surface area contributed by atoms with E-state index in [2.05, 4.69) is 58.4 Å². The van der Waals surface area contributed by atoms with Crippen LogP contribution in [0.25, 0.3) is 0 Å². The SMILES string of the molecule is CCN(CC)c1ccc(CNC(=NC)NC2CC2C)cn1. The molecule has 116 valence electrons. The smallest absolute Gasteiger partial charge is 0.191 e. The second kappa shape index (κ2) is 7.29. The molecule has 0 aliphatic heterocycles. The van der Waals surface area contributed by atoms with Gasteiger partial charge in [0.25, 0.3) is 0 Å². The van der Waals surface area contributed by atoms with Crippen LogP contribution >= 0.6 is 0 Å². The second-order valence-electron chi connectivity index (χ2n) is 5.59. The monoisotopic (exact) mass is 289 g/mol. The van der Waals surface area contributed by atoms with Crippen LogP contribution in [0.3, 0.4) is 0 Å². The number of nitrogens with one attached hydrogen (secondary N) is 2. The minimum absolute atomic E-state index is 0.583. The Kier molecular flexibility index (Phi) is 5.42. The van der Waals surface area contributed by atoms with E-state index in [9.17, 15) is 0 Å². The molecule has 0 spiro atoms. The zero-order valence-corrected chi connectivity index (χ0v) is 13.6. The summed E-state index contributed by atoms with van der Waals surface area (Å²) in [6, 6.07) is 4.79. The van der Waals surface area contributed by atoms with E-state index < -0.39 is 0 Å². The molecule has 5 heteroatoms. The maximum Gasteiger partial charge on any atom is 0.191 e. The topological polar surface area (TPSA) is 52.5 Å². The number of guanidine groups is 1. The summed E-state index contributed by atoms with van der Waals surface area (Å²) in [4.78, 5) is 11.0. The minimum Gasteiger partial charge on any atom is -0.357 e. The first kappa shape index (κ1) is 15.6. The summed E-state index contributed by atoms with van der Waals surface area (Å²) in [5, 5.41) is 6.76. The first-order valence-electron chi connectivity index (χ1n) is 7.85. The number of aromatic nitrogens is 1. The van der Waals surface area contributed by atoms with Gasteiger partial charge in [-0.1, -0.05) is 13.0 Å². The zero-order chi connectivity index (χ0) is 15.2. The molecule has 2 N–H and O–H groups in total. The lowest BCUT2D eigenvalue weighted by molar-refractivity contribution is 0.762. The fourth-order valence-corrected chi connectivity index (χ4v) is 2.34. The normalized spacial score (nSPS) is 21.0. The van der Waals surface area contributed by atoms with Crippen molar-refractivity contribution in [3.63, 3.8) is 0 Å². The zero-order valence-electron chi connectivity index (χ0n) is 13.6. The van der Waals surface area contributed by atoms with Crippen LogP contribution < -0.4 is 15.5 Å². The van der Waals surface area contributed by atoms with E-state index in [0.717, 1.165) is 42.9 Å². The Labute approximate surface area is 127 Å². The largest absolute Gasteiger partial charge is 0.357 e. The van der Waals surface area contributed by atoms with E-state index in [1.54, 1.807) is 0 Å². The Hall–Kier alpha value is -1.78. The van der Waals surface area contributed by atoms with Crippen molar-refractivity contribution in [2.24, 2.45) is 10.9 Å². The van der Waals surface area contributed by atoms with Crippen LogP contribution in [0.2, 0.25) is 0 Å². The number of rotatable bonds is 6.